The highest BCUT2D eigenvalue weighted by molar-refractivity contribution is 14.0. The van der Waals surface area contributed by atoms with Gasteiger partial charge in [-0.15, -0.1) is 34.2 Å². The third-order valence-electron chi connectivity index (χ3n) is 4.60. The van der Waals surface area contributed by atoms with E-state index in [0.717, 1.165) is 60.5 Å². The highest BCUT2D eigenvalue weighted by atomic mass is 127. The van der Waals surface area contributed by atoms with Crippen LogP contribution in [0.2, 0.25) is 0 Å². The van der Waals surface area contributed by atoms with Crippen molar-refractivity contribution in [3.8, 4) is 11.5 Å². The summed E-state index contributed by atoms with van der Waals surface area (Å²) in [6, 6.07) is 16.0. The van der Waals surface area contributed by atoms with Crippen molar-refractivity contribution >= 4 is 29.9 Å². The molecule has 0 fully saturated rings. The van der Waals surface area contributed by atoms with Crippen LogP contribution in [0.4, 0.5) is 0 Å². The van der Waals surface area contributed by atoms with Crippen molar-refractivity contribution in [2.75, 3.05) is 13.1 Å². The van der Waals surface area contributed by atoms with Crippen molar-refractivity contribution in [3.63, 3.8) is 0 Å². The van der Waals surface area contributed by atoms with Gasteiger partial charge in [-0.1, -0.05) is 37.3 Å². The Hall–Kier alpha value is -2.62. The first kappa shape index (κ1) is 24.6. The molecule has 0 saturated heterocycles. The average molecular weight is 534 g/mol. The molecule has 0 unspecified atom stereocenters. The number of aliphatic imine (C=N–C) groups is 1. The maximum absolute atomic E-state index is 6.11. The molecule has 3 aromatic rings. The van der Waals surface area contributed by atoms with Crippen LogP contribution in [0.3, 0.4) is 0 Å². The lowest BCUT2D eigenvalue weighted by molar-refractivity contribution is 0.476. The number of nitrogens with zero attached hydrogens (tertiary/aromatic N) is 4. The van der Waals surface area contributed by atoms with Gasteiger partial charge < -0.3 is 19.9 Å². The normalized spacial score (nSPS) is 11.0. The van der Waals surface area contributed by atoms with Gasteiger partial charge in [0.2, 0.25) is 0 Å². The summed E-state index contributed by atoms with van der Waals surface area (Å²) in [7, 11) is 0. The van der Waals surface area contributed by atoms with Gasteiger partial charge in [0, 0.05) is 31.6 Å². The lowest BCUT2D eigenvalue weighted by Crippen LogP contribution is -2.38. The molecule has 0 aliphatic rings. The number of para-hydroxylation sites is 1. The van der Waals surface area contributed by atoms with Crippen LogP contribution < -0.4 is 15.4 Å². The summed E-state index contributed by atoms with van der Waals surface area (Å²) in [6.45, 7) is 9.03. The molecule has 1 heterocycles. The van der Waals surface area contributed by atoms with Gasteiger partial charge in [0.1, 0.15) is 23.7 Å². The predicted molar refractivity (Wildman–Crippen MR) is 135 cm³/mol. The Labute approximate surface area is 201 Å². The number of nitrogens with one attached hydrogen (secondary N) is 2. The molecule has 0 atom stereocenters. The lowest BCUT2D eigenvalue weighted by atomic mass is 10.1. The monoisotopic (exact) mass is 534 g/mol. The number of halogens is 1. The van der Waals surface area contributed by atoms with Gasteiger partial charge in [0.05, 0.1) is 6.54 Å². The van der Waals surface area contributed by atoms with Gasteiger partial charge in [-0.05, 0) is 37.6 Å². The smallest absolute Gasteiger partial charge is 0.191 e. The van der Waals surface area contributed by atoms with E-state index < -0.39 is 0 Å². The second kappa shape index (κ2) is 12.9. The number of rotatable bonds is 9. The maximum atomic E-state index is 6.11. The number of benzene rings is 2. The summed E-state index contributed by atoms with van der Waals surface area (Å²) in [5, 5.41) is 14.8. The molecule has 166 valence electrons. The number of guanidine groups is 1. The van der Waals surface area contributed by atoms with Crippen LogP contribution >= 0.6 is 24.0 Å². The van der Waals surface area contributed by atoms with Crippen molar-refractivity contribution in [2.24, 2.45) is 4.99 Å². The zero-order valence-electron chi connectivity index (χ0n) is 18.3. The first-order valence-corrected chi connectivity index (χ1v) is 10.4. The molecule has 0 amide bonds. The largest absolute Gasteiger partial charge is 0.457 e. The fourth-order valence-electron chi connectivity index (χ4n) is 3.04. The van der Waals surface area contributed by atoms with Crippen LogP contribution in [0.1, 0.15) is 30.8 Å². The molecule has 7 nitrogen and oxygen atoms in total. The fraction of sp³-hybridized carbons (Fsp3) is 0.348. The fourth-order valence-corrected chi connectivity index (χ4v) is 3.04. The van der Waals surface area contributed by atoms with Gasteiger partial charge in [-0.3, -0.25) is 0 Å². The molecule has 31 heavy (non-hydrogen) atoms. The molecule has 0 saturated carbocycles. The van der Waals surface area contributed by atoms with E-state index in [-0.39, 0.29) is 24.0 Å². The second-order valence-corrected chi connectivity index (χ2v) is 6.94. The van der Waals surface area contributed by atoms with E-state index in [0.29, 0.717) is 6.54 Å². The Morgan fingerprint density at radius 3 is 2.65 bits per heavy atom. The standard InChI is InChI=1S/C23H30N6O.HI/c1-4-22-28-27-17-29(22)14-13-25-23(24-5-2)26-16-19-12-11-18(3)15-21(19)30-20-9-7-6-8-10-20;/h6-12,15,17H,4-5,13-14,16H2,1-3H3,(H2,24,25,26);1H. The first-order chi connectivity index (χ1) is 14.7. The summed E-state index contributed by atoms with van der Waals surface area (Å²) in [5.41, 5.74) is 2.19. The predicted octanol–water partition coefficient (Wildman–Crippen LogP) is 4.31. The Kier molecular flexibility index (Phi) is 10.3. The molecular formula is C23H31IN6O. The van der Waals surface area contributed by atoms with Crippen LogP contribution in [-0.4, -0.2) is 33.8 Å². The number of ether oxygens (including phenoxy) is 1. The van der Waals surface area contributed by atoms with E-state index in [1.54, 1.807) is 6.33 Å². The second-order valence-electron chi connectivity index (χ2n) is 6.94. The molecule has 0 radical (unpaired) electrons. The Balaban J connectivity index is 0.00000341. The molecule has 0 spiro atoms. The van der Waals surface area contributed by atoms with Gasteiger partial charge >= 0.3 is 0 Å². The minimum absolute atomic E-state index is 0. The van der Waals surface area contributed by atoms with E-state index in [2.05, 4.69) is 64.4 Å². The molecule has 3 rings (SSSR count). The van der Waals surface area contributed by atoms with Gasteiger partial charge in [-0.25, -0.2) is 4.99 Å². The quantitative estimate of drug-likeness (QED) is 0.243. The van der Waals surface area contributed by atoms with Crippen LogP contribution in [0.15, 0.2) is 59.9 Å². The van der Waals surface area contributed by atoms with E-state index in [4.69, 9.17) is 9.73 Å². The number of aromatic nitrogens is 3. The molecule has 0 aliphatic carbocycles. The van der Waals surface area contributed by atoms with Crippen molar-refractivity contribution in [2.45, 2.75) is 40.3 Å². The van der Waals surface area contributed by atoms with Crippen LogP contribution in [0.5, 0.6) is 11.5 Å². The Bertz CT molecular complexity index is 958. The zero-order valence-corrected chi connectivity index (χ0v) is 20.7. The van der Waals surface area contributed by atoms with Gasteiger partial charge in [0.15, 0.2) is 5.96 Å². The summed E-state index contributed by atoms with van der Waals surface area (Å²) < 4.78 is 8.17. The van der Waals surface area contributed by atoms with E-state index in [1.165, 1.54) is 0 Å². The highest BCUT2D eigenvalue weighted by Crippen LogP contribution is 2.27. The molecule has 1 aromatic heterocycles. The summed E-state index contributed by atoms with van der Waals surface area (Å²) in [5.74, 6) is 3.41. The van der Waals surface area contributed by atoms with Gasteiger partial charge in [0.25, 0.3) is 0 Å². The summed E-state index contributed by atoms with van der Waals surface area (Å²) in [6.07, 6.45) is 2.63. The van der Waals surface area contributed by atoms with Crippen LogP contribution in [0.25, 0.3) is 0 Å². The topological polar surface area (TPSA) is 76.4 Å². The number of aryl methyl sites for hydroxylation is 2. The van der Waals surface area contributed by atoms with Crippen molar-refractivity contribution in [1.82, 2.24) is 25.4 Å². The van der Waals surface area contributed by atoms with E-state index in [1.807, 2.05) is 30.3 Å². The molecule has 0 aliphatic heterocycles. The molecular weight excluding hydrogens is 503 g/mol. The Morgan fingerprint density at radius 1 is 1.10 bits per heavy atom. The summed E-state index contributed by atoms with van der Waals surface area (Å²) >= 11 is 0. The van der Waals surface area contributed by atoms with Crippen molar-refractivity contribution < 1.29 is 4.74 Å². The third-order valence-corrected chi connectivity index (χ3v) is 4.60. The minimum atomic E-state index is 0. The van der Waals surface area contributed by atoms with Crippen molar-refractivity contribution in [3.05, 3.63) is 71.8 Å². The van der Waals surface area contributed by atoms with Crippen LogP contribution in [-0.2, 0) is 19.5 Å². The van der Waals surface area contributed by atoms with Crippen LogP contribution in [0, 0.1) is 6.92 Å². The number of hydrogen-bond acceptors (Lipinski definition) is 4. The zero-order chi connectivity index (χ0) is 21.2. The minimum Gasteiger partial charge on any atom is -0.457 e. The van der Waals surface area contributed by atoms with Crippen molar-refractivity contribution in [1.29, 1.82) is 0 Å². The van der Waals surface area contributed by atoms with E-state index >= 15 is 0 Å². The maximum Gasteiger partial charge on any atom is 0.191 e. The average Bonchev–Trinajstić information content (AvgIpc) is 3.21. The third kappa shape index (κ3) is 7.54. The molecule has 0 bridgehead atoms. The molecule has 2 N–H and O–H groups in total. The Morgan fingerprint density at radius 2 is 1.90 bits per heavy atom. The number of hydrogen-bond donors (Lipinski definition) is 2. The SMILES string of the molecule is CCNC(=NCc1ccc(C)cc1Oc1ccccc1)NCCn1cnnc1CC.I. The van der Waals surface area contributed by atoms with E-state index in [9.17, 15) is 0 Å². The molecule has 2 aromatic carbocycles. The summed E-state index contributed by atoms with van der Waals surface area (Å²) in [4.78, 5) is 4.75. The lowest BCUT2D eigenvalue weighted by Gasteiger charge is -2.14. The first-order valence-electron chi connectivity index (χ1n) is 10.4. The van der Waals surface area contributed by atoms with Gasteiger partial charge in [-0.2, -0.15) is 0 Å². The highest BCUT2D eigenvalue weighted by Gasteiger charge is 2.07. The molecule has 8 heteroatoms.